The van der Waals surface area contributed by atoms with Gasteiger partial charge in [0.05, 0.1) is 30.2 Å². The second kappa shape index (κ2) is 11.5. The summed E-state index contributed by atoms with van der Waals surface area (Å²) in [5.41, 5.74) is 4.34. The number of hydrogen-bond acceptors (Lipinski definition) is 8. The van der Waals surface area contributed by atoms with Gasteiger partial charge in [-0.05, 0) is 63.0 Å². The highest BCUT2D eigenvalue weighted by atomic mass is 35.5. The molecule has 3 aromatic rings. The van der Waals surface area contributed by atoms with Gasteiger partial charge in [0.15, 0.2) is 5.82 Å². The van der Waals surface area contributed by atoms with Crippen molar-refractivity contribution < 1.29 is 9.53 Å². The molecule has 1 aromatic heterocycles. The Morgan fingerprint density at radius 3 is 2.52 bits per heavy atom. The van der Waals surface area contributed by atoms with Crippen molar-refractivity contribution in [2.24, 2.45) is 0 Å². The summed E-state index contributed by atoms with van der Waals surface area (Å²) in [6, 6.07) is 12.3. The number of methoxy groups -OCH3 is 1. The number of fused-ring (bicyclic) bond motifs is 1. The molecule has 3 aliphatic rings. The molecule has 0 unspecified atom stereocenters. The Labute approximate surface area is 240 Å². The summed E-state index contributed by atoms with van der Waals surface area (Å²) in [7, 11) is 3.47. The normalized spacial score (nSPS) is 18.1. The van der Waals surface area contributed by atoms with Crippen LogP contribution in [0.3, 0.4) is 0 Å². The summed E-state index contributed by atoms with van der Waals surface area (Å²) in [6.07, 6.45) is 7.89. The molecule has 0 saturated carbocycles. The third-order valence-electron chi connectivity index (χ3n) is 8.31. The average Bonchev–Trinajstić information content (AvgIpc) is 3.29. The highest BCUT2D eigenvalue weighted by molar-refractivity contribution is 6.33. The third-order valence-corrected chi connectivity index (χ3v) is 8.58. The number of anilines is 5. The number of amides is 1. The van der Waals surface area contributed by atoms with Crippen molar-refractivity contribution in [1.82, 2.24) is 19.8 Å². The van der Waals surface area contributed by atoms with E-state index in [1.807, 2.05) is 37.4 Å². The van der Waals surface area contributed by atoms with E-state index >= 15 is 0 Å². The fourth-order valence-corrected chi connectivity index (χ4v) is 6.35. The molecule has 210 valence electrons. The zero-order valence-corrected chi connectivity index (χ0v) is 23.9. The van der Waals surface area contributed by atoms with Gasteiger partial charge < -0.3 is 30.1 Å². The van der Waals surface area contributed by atoms with Gasteiger partial charge in [-0.1, -0.05) is 30.2 Å². The van der Waals surface area contributed by atoms with Gasteiger partial charge in [-0.2, -0.15) is 4.98 Å². The SMILES string of the molecule is COc1ccccc1Nc1ncc(Cl)c(Nc2ccc(N3CCC(N4CCCCC4)CC3)c3c2C(=O)N(C)C3)n1. The van der Waals surface area contributed by atoms with Gasteiger partial charge in [0, 0.05) is 44.0 Å². The molecule has 4 heterocycles. The Hall–Kier alpha value is -3.56. The third kappa shape index (κ3) is 5.28. The molecule has 0 bridgehead atoms. The lowest BCUT2D eigenvalue weighted by Gasteiger charge is -2.41. The summed E-state index contributed by atoms with van der Waals surface area (Å²) in [5, 5.41) is 6.89. The molecule has 2 N–H and O–H groups in total. The maximum absolute atomic E-state index is 13.3. The lowest BCUT2D eigenvalue weighted by Crippen LogP contribution is -2.47. The zero-order chi connectivity index (χ0) is 27.6. The number of carbonyl (C=O) groups excluding carboxylic acids is 1. The number of nitrogens with one attached hydrogen (secondary N) is 2. The number of hydrogen-bond donors (Lipinski definition) is 2. The van der Waals surface area contributed by atoms with E-state index in [9.17, 15) is 4.79 Å². The van der Waals surface area contributed by atoms with E-state index in [-0.39, 0.29) is 5.91 Å². The van der Waals surface area contributed by atoms with Crippen molar-refractivity contribution >= 4 is 46.3 Å². The Morgan fingerprint density at radius 2 is 1.75 bits per heavy atom. The van der Waals surface area contributed by atoms with Crippen LogP contribution in [0, 0.1) is 0 Å². The van der Waals surface area contributed by atoms with Crippen molar-refractivity contribution in [3.8, 4) is 5.75 Å². The van der Waals surface area contributed by atoms with Gasteiger partial charge in [-0.25, -0.2) is 4.98 Å². The first-order chi connectivity index (χ1) is 19.5. The Morgan fingerprint density at radius 1 is 0.975 bits per heavy atom. The van der Waals surface area contributed by atoms with Crippen LogP contribution in [0.4, 0.5) is 28.8 Å². The smallest absolute Gasteiger partial charge is 0.256 e. The Bertz CT molecular complexity index is 1390. The lowest BCUT2D eigenvalue weighted by molar-refractivity contribution is 0.0817. The monoisotopic (exact) mass is 561 g/mol. The van der Waals surface area contributed by atoms with Gasteiger partial charge in [0.25, 0.3) is 5.91 Å². The molecule has 0 spiro atoms. The summed E-state index contributed by atoms with van der Waals surface area (Å²) in [6.45, 7) is 5.08. The van der Waals surface area contributed by atoms with E-state index in [1.54, 1.807) is 18.2 Å². The quantitative estimate of drug-likeness (QED) is 0.382. The molecule has 6 rings (SSSR count). The van der Waals surface area contributed by atoms with Crippen LogP contribution in [0.1, 0.15) is 48.0 Å². The highest BCUT2D eigenvalue weighted by Crippen LogP contribution is 2.39. The summed E-state index contributed by atoms with van der Waals surface area (Å²) >= 11 is 6.51. The zero-order valence-electron chi connectivity index (χ0n) is 23.1. The van der Waals surface area contributed by atoms with Gasteiger partial charge in [0.2, 0.25) is 5.95 Å². The standard InChI is InChI=1S/C30H36ClN7O2/c1-36-19-21-25(38-16-12-20(13-17-38)37-14-6-3-7-15-37)11-10-24(27(21)29(36)39)33-28-22(31)18-32-30(35-28)34-23-8-4-5-9-26(23)40-2/h4-5,8-11,18,20H,3,6-7,12-17,19H2,1-2H3,(H2,32,33,34,35). The number of ether oxygens (including phenoxy) is 1. The number of likely N-dealkylation sites (tertiary alicyclic amines) is 1. The van der Waals surface area contributed by atoms with Gasteiger partial charge >= 0.3 is 0 Å². The van der Waals surface area contributed by atoms with Crippen LogP contribution < -0.4 is 20.3 Å². The van der Waals surface area contributed by atoms with E-state index < -0.39 is 0 Å². The number of halogens is 1. The van der Waals surface area contributed by atoms with Gasteiger partial charge in [-0.3, -0.25) is 4.79 Å². The molecule has 9 nitrogen and oxygen atoms in total. The predicted octanol–water partition coefficient (Wildman–Crippen LogP) is 5.67. The molecule has 2 aromatic carbocycles. The molecule has 3 aliphatic heterocycles. The van der Waals surface area contributed by atoms with E-state index in [4.69, 9.17) is 16.3 Å². The van der Waals surface area contributed by atoms with Crippen LogP contribution in [-0.4, -0.2) is 72.1 Å². The fourth-order valence-electron chi connectivity index (χ4n) is 6.21. The molecule has 2 saturated heterocycles. The van der Waals surface area contributed by atoms with Gasteiger partial charge in [0.1, 0.15) is 10.8 Å². The van der Waals surface area contributed by atoms with E-state index in [1.165, 1.54) is 32.4 Å². The first kappa shape index (κ1) is 26.7. The number of rotatable bonds is 7. The lowest BCUT2D eigenvalue weighted by atomic mass is 9.97. The van der Waals surface area contributed by atoms with Crippen LogP contribution in [0.2, 0.25) is 5.02 Å². The van der Waals surface area contributed by atoms with E-state index in [2.05, 4.69) is 36.5 Å². The Kier molecular flexibility index (Phi) is 7.67. The number of carbonyl (C=O) groups is 1. The molecular weight excluding hydrogens is 526 g/mol. The van der Waals surface area contributed by atoms with Crippen LogP contribution in [0.15, 0.2) is 42.6 Å². The second-order valence-electron chi connectivity index (χ2n) is 10.8. The molecule has 0 atom stereocenters. The summed E-state index contributed by atoms with van der Waals surface area (Å²) < 4.78 is 5.43. The Balaban J connectivity index is 1.23. The molecule has 0 aliphatic carbocycles. The number of aromatic nitrogens is 2. The van der Waals surface area contributed by atoms with Gasteiger partial charge in [-0.15, -0.1) is 0 Å². The molecule has 1 amide bonds. The van der Waals surface area contributed by atoms with Crippen LogP contribution >= 0.6 is 11.6 Å². The van der Waals surface area contributed by atoms with Crippen LogP contribution in [0.5, 0.6) is 5.75 Å². The minimum Gasteiger partial charge on any atom is -0.495 e. The summed E-state index contributed by atoms with van der Waals surface area (Å²) in [4.78, 5) is 29.2. The van der Waals surface area contributed by atoms with Crippen molar-refractivity contribution in [2.75, 3.05) is 55.9 Å². The molecular formula is C30H36ClN7O2. The maximum atomic E-state index is 13.3. The minimum atomic E-state index is 0.0000941. The van der Waals surface area contributed by atoms with Crippen LogP contribution in [0.25, 0.3) is 0 Å². The van der Waals surface area contributed by atoms with Crippen molar-refractivity contribution in [2.45, 2.75) is 44.7 Å². The molecule has 10 heteroatoms. The highest BCUT2D eigenvalue weighted by Gasteiger charge is 2.33. The average molecular weight is 562 g/mol. The van der Waals surface area contributed by atoms with Crippen molar-refractivity contribution in [1.29, 1.82) is 0 Å². The predicted molar refractivity (Wildman–Crippen MR) is 159 cm³/mol. The largest absolute Gasteiger partial charge is 0.495 e. The topological polar surface area (TPSA) is 85.9 Å². The van der Waals surface area contributed by atoms with Crippen LogP contribution in [-0.2, 0) is 6.54 Å². The fraction of sp³-hybridized carbons (Fsp3) is 0.433. The first-order valence-corrected chi connectivity index (χ1v) is 14.5. The first-order valence-electron chi connectivity index (χ1n) is 14.1. The second-order valence-corrected chi connectivity index (χ2v) is 11.2. The van der Waals surface area contributed by atoms with Crippen molar-refractivity contribution in [3.63, 3.8) is 0 Å². The maximum Gasteiger partial charge on any atom is 0.256 e. The van der Waals surface area contributed by atoms with Crippen molar-refractivity contribution in [3.05, 3.63) is 58.7 Å². The molecule has 2 fully saturated rings. The molecule has 40 heavy (non-hydrogen) atoms. The number of benzene rings is 2. The number of para-hydroxylation sites is 2. The van der Waals surface area contributed by atoms with E-state index in [0.29, 0.717) is 46.4 Å². The number of nitrogens with zero attached hydrogens (tertiary/aromatic N) is 5. The summed E-state index contributed by atoms with van der Waals surface area (Å²) in [5.74, 6) is 1.47. The minimum absolute atomic E-state index is 0.0000941. The van der Waals surface area contributed by atoms with E-state index in [0.717, 1.165) is 42.9 Å². The number of piperidine rings is 2. The molecule has 0 radical (unpaired) electrons.